The second kappa shape index (κ2) is 5.58. The quantitative estimate of drug-likeness (QED) is 0.502. The van der Waals surface area contributed by atoms with Gasteiger partial charge in [-0.05, 0) is 30.0 Å². The van der Waals surface area contributed by atoms with Gasteiger partial charge in [-0.15, -0.1) is 11.8 Å². The lowest BCUT2D eigenvalue weighted by atomic mass is 10.2. The number of amides is 1. The summed E-state index contributed by atoms with van der Waals surface area (Å²) >= 11 is 2.39. The molecule has 2 N–H and O–H groups in total. The standard InChI is InChI=1S/C11H11NO4S3/c1-17-8-4-2-7(3-5-8)6-9-10(13)12-11(18-9)19(14,15)16/h2-6,11H,1H3,(H,12,13)(H,14,15,16). The third-order valence-electron chi connectivity index (χ3n) is 2.39. The van der Waals surface area contributed by atoms with Crippen LogP contribution in [-0.2, 0) is 14.9 Å². The Morgan fingerprint density at radius 1 is 1.37 bits per heavy atom. The number of carbonyl (C=O) groups excluding carboxylic acids is 1. The van der Waals surface area contributed by atoms with Crippen molar-refractivity contribution >= 4 is 45.6 Å². The normalized spacial score (nSPS) is 21.7. The van der Waals surface area contributed by atoms with Crippen LogP contribution in [0.3, 0.4) is 0 Å². The van der Waals surface area contributed by atoms with Gasteiger partial charge in [0.05, 0.1) is 4.91 Å². The summed E-state index contributed by atoms with van der Waals surface area (Å²) in [6.07, 6.45) is 3.56. The minimum Gasteiger partial charge on any atom is -0.324 e. The van der Waals surface area contributed by atoms with Crippen LogP contribution in [0.1, 0.15) is 5.56 Å². The maximum Gasteiger partial charge on any atom is 0.296 e. The van der Waals surface area contributed by atoms with Crippen molar-refractivity contribution in [3.05, 3.63) is 34.7 Å². The summed E-state index contributed by atoms with van der Waals surface area (Å²) in [5, 5.41) is 2.20. The Kier molecular flexibility index (Phi) is 4.24. The molecule has 0 spiro atoms. The van der Waals surface area contributed by atoms with E-state index < -0.39 is 20.7 Å². The molecular weight excluding hydrogens is 306 g/mol. The first-order valence-corrected chi connectivity index (χ1v) is 8.80. The van der Waals surface area contributed by atoms with E-state index in [1.807, 2.05) is 30.5 Å². The minimum absolute atomic E-state index is 0.263. The lowest BCUT2D eigenvalue weighted by Gasteiger charge is -2.02. The van der Waals surface area contributed by atoms with E-state index in [2.05, 4.69) is 5.32 Å². The van der Waals surface area contributed by atoms with Gasteiger partial charge in [0.1, 0.15) is 0 Å². The van der Waals surface area contributed by atoms with Crippen LogP contribution < -0.4 is 5.32 Å². The molecule has 19 heavy (non-hydrogen) atoms. The zero-order valence-corrected chi connectivity index (χ0v) is 12.3. The fraction of sp³-hybridized carbons (Fsp3) is 0.182. The first kappa shape index (κ1) is 14.4. The van der Waals surface area contributed by atoms with Gasteiger partial charge >= 0.3 is 0 Å². The van der Waals surface area contributed by atoms with Crippen molar-refractivity contribution in [1.29, 1.82) is 0 Å². The average molecular weight is 317 g/mol. The molecule has 1 aromatic carbocycles. The van der Waals surface area contributed by atoms with Crippen molar-refractivity contribution in [2.75, 3.05) is 6.26 Å². The van der Waals surface area contributed by atoms with E-state index in [9.17, 15) is 13.2 Å². The number of nitrogens with one attached hydrogen (secondary N) is 1. The van der Waals surface area contributed by atoms with Gasteiger partial charge in [-0.1, -0.05) is 23.9 Å². The van der Waals surface area contributed by atoms with Crippen molar-refractivity contribution in [1.82, 2.24) is 5.32 Å². The Morgan fingerprint density at radius 3 is 2.47 bits per heavy atom. The first-order valence-electron chi connectivity index (χ1n) is 5.20. The summed E-state index contributed by atoms with van der Waals surface area (Å²) in [6.45, 7) is 0. The van der Waals surface area contributed by atoms with Gasteiger partial charge in [0.2, 0.25) is 4.71 Å². The van der Waals surface area contributed by atoms with Crippen LogP contribution in [0, 0.1) is 0 Å². The summed E-state index contributed by atoms with van der Waals surface area (Å²) in [7, 11) is -4.28. The molecule has 0 radical (unpaired) electrons. The molecule has 1 aromatic rings. The van der Waals surface area contributed by atoms with Crippen LogP contribution in [0.15, 0.2) is 34.1 Å². The molecule has 1 unspecified atom stereocenters. The molecule has 0 saturated carbocycles. The Hall–Kier alpha value is -0.960. The fourth-order valence-electron chi connectivity index (χ4n) is 1.46. The molecule has 1 amide bonds. The molecule has 102 valence electrons. The molecule has 1 saturated heterocycles. The minimum atomic E-state index is -4.28. The molecule has 5 nitrogen and oxygen atoms in total. The molecule has 2 rings (SSSR count). The Balaban J connectivity index is 2.22. The van der Waals surface area contributed by atoms with Crippen LogP contribution in [-0.4, -0.2) is 29.8 Å². The summed E-state index contributed by atoms with van der Waals surface area (Å²) in [5.41, 5.74) is 0.798. The van der Waals surface area contributed by atoms with E-state index in [0.717, 1.165) is 22.2 Å². The maximum absolute atomic E-state index is 11.6. The summed E-state index contributed by atoms with van der Waals surface area (Å²) < 4.78 is 29.5. The summed E-state index contributed by atoms with van der Waals surface area (Å²) in [5.74, 6) is -0.499. The molecule has 1 heterocycles. The molecule has 0 aromatic heterocycles. The monoisotopic (exact) mass is 317 g/mol. The van der Waals surface area contributed by atoms with Crippen LogP contribution in [0.2, 0.25) is 0 Å². The second-order valence-electron chi connectivity index (χ2n) is 3.72. The molecule has 0 bridgehead atoms. The first-order chi connectivity index (χ1) is 8.90. The van der Waals surface area contributed by atoms with E-state index in [0.29, 0.717) is 0 Å². The van der Waals surface area contributed by atoms with E-state index in [1.54, 1.807) is 17.8 Å². The topological polar surface area (TPSA) is 83.5 Å². The summed E-state index contributed by atoms with van der Waals surface area (Å²) in [4.78, 5) is 12.9. The number of thioether (sulfide) groups is 2. The highest BCUT2D eigenvalue weighted by atomic mass is 32.3. The van der Waals surface area contributed by atoms with Gasteiger partial charge < -0.3 is 5.32 Å². The zero-order chi connectivity index (χ0) is 14.0. The predicted octanol–water partition coefficient (Wildman–Crippen LogP) is 1.78. The highest BCUT2D eigenvalue weighted by Crippen LogP contribution is 2.31. The van der Waals surface area contributed by atoms with Gasteiger partial charge in [-0.3, -0.25) is 9.35 Å². The molecule has 1 fully saturated rings. The van der Waals surface area contributed by atoms with Crippen LogP contribution in [0.25, 0.3) is 6.08 Å². The predicted molar refractivity (Wildman–Crippen MR) is 77.3 cm³/mol. The average Bonchev–Trinajstić information content (AvgIpc) is 2.72. The van der Waals surface area contributed by atoms with Crippen molar-refractivity contribution in [3.63, 3.8) is 0 Å². The van der Waals surface area contributed by atoms with Crippen molar-refractivity contribution in [2.45, 2.75) is 9.60 Å². The largest absolute Gasteiger partial charge is 0.324 e. The lowest BCUT2D eigenvalue weighted by molar-refractivity contribution is -0.116. The second-order valence-corrected chi connectivity index (χ2v) is 7.55. The van der Waals surface area contributed by atoms with E-state index >= 15 is 0 Å². The fourth-order valence-corrected chi connectivity index (χ4v) is 3.69. The smallest absolute Gasteiger partial charge is 0.296 e. The van der Waals surface area contributed by atoms with Gasteiger partial charge in [0.15, 0.2) is 0 Å². The number of rotatable bonds is 3. The number of hydrogen-bond donors (Lipinski definition) is 2. The van der Waals surface area contributed by atoms with E-state index in [-0.39, 0.29) is 4.91 Å². The Morgan fingerprint density at radius 2 is 2.00 bits per heavy atom. The zero-order valence-electron chi connectivity index (χ0n) is 9.86. The number of hydrogen-bond acceptors (Lipinski definition) is 5. The molecule has 1 atom stereocenters. The molecule has 0 aliphatic carbocycles. The van der Waals surface area contributed by atoms with E-state index in [4.69, 9.17) is 4.55 Å². The van der Waals surface area contributed by atoms with Crippen LogP contribution in [0.4, 0.5) is 0 Å². The van der Waals surface area contributed by atoms with Gasteiger partial charge in [-0.2, -0.15) is 8.42 Å². The third-order valence-corrected chi connectivity index (χ3v) is 5.70. The van der Waals surface area contributed by atoms with Crippen molar-refractivity contribution in [3.8, 4) is 0 Å². The maximum atomic E-state index is 11.6. The van der Waals surface area contributed by atoms with Crippen molar-refractivity contribution < 1.29 is 17.8 Å². The van der Waals surface area contributed by atoms with Gasteiger partial charge in [0.25, 0.3) is 16.0 Å². The Bertz CT molecular complexity index is 622. The highest BCUT2D eigenvalue weighted by Gasteiger charge is 2.35. The molecule has 1 aliphatic heterocycles. The van der Waals surface area contributed by atoms with Gasteiger partial charge in [-0.25, -0.2) is 0 Å². The highest BCUT2D eigenvalue weighted by molar-refractivity contribution is 8.15. The van der Waals surface area contributed by atoms with E-state index in [1.165, 1.54) is 0 Å². The molecule has 1 aliphatic rings. The van der Waals surface area contributed by atoms with Gasteiger partial charge in [0, 0.05) is 4.90 Å². The number of benzene rings is 1. The van der Waals surface area contributed by atoms with Crippen LogP contribution in [0.5, 0.6) is 0 Å². The van der Waals surface area contributed by atoms with Crippen LogP contribution >= 0.6 is 23.5 Å². The SMILES string of the molecule is CSc1ccc(C=C2SC(S(=O)(=O)O)NC2=O)cc1. The third kappa shape index (κ3) is 3.53. The Labute approximate surface area is 119 Å². The molecule has 8 heteroatoms. The number of carbonyl (C=O) groups is 1. The van der Waals surface area contributed by atoms with Crippen molar-refractivity contribution in [2.24, 2.45) is 0 Å². The molecular formula is C11H11NO4S3. The lowest BCUT2D eigenvalue weighted by Crippen LogP contribution is -2.31. The summed E-state index contributed by atoms with van der Waals surface area (Å²) in [6, 6.07) is 7.50.